The number of nitriles is 1. The highest BCUT2D eigenvalue weighted by molar-refractivity contribution is 7.98. The van der Waals surface area contributed by atoms with Gasteiger partial charge in [-0.25, -0.2) is 19.6 Å². The summed E-state index contributed by atoms with van der Waals surface area (Å²) < 4.78 is 16.2. The van der Waals surface area contributed by atoms with Crippen molar-refractivity contribution in [3.05, 3.63) is 40.6 Å². The fraction of sp³-hybridized carbons (Fsp3) is 0.517. The molecule has 2 heterocycles. The number of esters is 1. The van der Waals surface area contributed by atoms with Gasteiger partial charge in [-0.05, 0) is 50.6 Å². The van der Waals surface area contributed by atoms with Crippen molar-refractivity contribution in [3.8, 4) is 6.07 Å². The topological polar surface area (TPSA) is 142 Å². The third-order valence-corrected chi connectivity index (χ3v) is 7.62. The van der Waals surface area contributed by atoms with Crippen molar-refractivity contribution in [1.29, 1.82) is 5.26 Å². The summed E-state index contributed by atoms with van der Waals surface area (Å²) in [5.74, 6) is -0.162. The lowest BCUT2D eigenvalue weighted by Gasteiger charge is -2.41. The number of benzene rings is 1. The minimum Gasteiger partial charge on any atom is -0.464 e. The SMILES string of the molecule is COC(=O)c1nc(SC)nc(N2CCN(C(=O)OC(C)(C)C)C(CC#N)C2)c1/C=N/Nc1cccc2c1CC(OC)C2. The van der Waals surface area contributed by atoms with E-state index in [0.717, 1.165) is 24.1 Å². The molecule has 2 aliphatic rings. The lowest BCUT2D eigenvalue weighted by molar-refractivity contribution is 0.0144. The van der Waals surface area contributed by atoms with Gasteiger partial charge >= 0.3 is 12.1 Å². The number of rotatable bonds is 8. The van der Waals surface area contributed by atoms with Crippen molar-refractivity contribution in [2.45, 2.75) is 62.9 Å². The van der Waals surface area contributed by atoms with Gasteiger partial charge in [0.25, 0.3) is 0 Å². The first kappa shape index (κ1) is 31.1. The zero-order valence-electron chi connectivity index (χ0n) is 24.8. The molecule has 1 N–H and O–H groups in total. The first-order valence-electron chi connectivity index (χ1n) is 13.7. The van der Waals surface area contributed by atoms with Crippen LogP contribution in [0.15, 0.2) is 28.5 Å². The molecule has 13 heteroatoms. The van der Waals surface area contributed by atoms with E-state index in [1.54, 1.807) is 32.8 Å². The molecule has 12 nitrogen and oxygen atoms in total. The number of ether oxygens (including phenoxy) is 3. The van der Waals surface area contributed by atoms with Gasteiger partial charge in [0.2, 0.25) is 0 Å². The Morgan fingerprint density at radius 3 is 2.69 bits per heavy atom. The quantitative estimate of drug-likeness (QED) is 0.156. The molecule has 1 saturated heterocycles. The Balaban J connectivity index is 1.67. The number of aromatic nitrogens is 2. The Morgan fingerprint density at radius 2 is 2.02 bits per heavy atom. The Labute approximate surface area is 250 Å². The second-order valence-electron chi connectivity index (χ2n) is 11.0. The first-order chi connectivity index (χ1) is 20.1. The number of hydrogen-bond donors (Lipinski definition) is 1. The maximum absolute atomic E-state index is 12.9. The number of nitrogens with one attached hydrogen (secondary N) is 1. The van der Waals surface area contributed by atoms with Gasteiger partial charge in [-0.3, -0.25) is 5.43 Å². The Hall–Kier alpha value is -3.89. The number of carbonyl (C=O) groups is 2. The van der Waals surface area contributed by atoms with Gasteiger partial charge in [0, 0.05) is 33.2 Å². The Morgan fingerprint density at radius 1 is 1.24 bits per heavy atom. The molecule has 4 rings (SSSR count). The van der Waals surface area contributed by atoms with Crippen LogP contribution < -0.4 is 10.3 Å². The van der Waals surface area contributed by atoms with E-state index >= 15 is 0 Å². The number of fused-ring (bicyclic) bond motifs is 1. The predicted octanol–water partition coefficient (Wildman–Crippen LogP) is 3.88. The first-order valence-corrected chi connectivity index (χ1v) is 14.9. The van der Waals surface area contributed by atoms with Gasteiger partial charge < -0.3 is 24.0 Å². The van der Waals surface area contributed by atoms with Gasteiger partial charge in [0.05, 0.1) is 49.2 Å². The number of hydrazone groups is 1. The van der Waals surface area contributed by atoms with Crippen LogP contribution in [0.4, 0.5) is 16.3 Å². The summed E-state index contributed by atoms with van der Waals surface area (Å²) in [5, 5.41) is 14.4. The molecule has 1 aromatic carbocycles. The second-order valence-corrected chi connectivity index (χ2v) is 11.8. The van der Waals surface area contributed by atoms with Crippen LogP contribution in [0.25, 0.3) is 0 Å². The van der Waals surface area contributed by atoms with Crippen molar-refractivity contribution in [2.75, 3.05) is 50.4 Å². The van der Waals surface area contributed by atoms with Crippen LogP contribution >= 0.6 is 11.8 Å². The molecular weight excluding hydrogens is 558 g/mol. The molecule has 0 spiro atoms. The highest BCUT2D eigenvalue weighted by Crippen LogP contribution is 2.31. The summed E-state index contributed by atoms with van der Waals surface area (Å²) >= 11 is 1.29. The lowest BCUT2D eigenvalue weighted by Crippen LogP contribution is -2.56. The number of methoxy groups -OCH3 is 2. The summed E-state index contributed by atoms with van der Waals surface area (Å²) in [5.41, 5.74) is 6.10. The van der Waals surface area contributed by atoms with E-state index in [1.807, 2.05) is 23.3 Å². The molecule has 224 valence electrons. The second kappa shape index (κ2) is 13.4. The molecule has 1 aromatic heterocycles. The van der Waals surface area contributed by atoms with Crippen LogP contribution in [0.5, 0.6) is 0 Å². The molecule has 0 radical (unpaired) electrons. The molecule has 2 atom stereocenters. The van der Waals surface area contributed by atoms with Gasteiger partial charge in [0.15, 0.2) is 10.9 Å². The molecular formula is C29H37N7O5S. The van der Waals surface area contributed by atoms with Gasteiger partial charge in [-0.1, -0.05) is 23.9 Å². The van der Waals surface area contributed by atoms with Crippen molar-refractivity contribution >= 4 is 41.5 Å². The molecule has 2 unspecified atom stereocenters. The fourth-order valence-corrected chi connectivity index (χ4v) is 5.44. The van der Waals surface area contributed by atoms with Gasteiger partial charge in [-0.15, -0.1) is 0 Å². The monoisotopic (exact) mass is 595 g/mol. The largest absolute Gasteiger partial charge is 0.464 e. The Bertz CT molecular complexity index is 1390. The van der Waals surface area contributed by atoms with Crippen LogP contribution in [0.3, 0.4) is 0 Å². The van der Waals surface area contributed by atoms with Gasteiger partial charge in [0.1, 0.15) is 11.4 Å². The van der Waals surface area contributed by atoms with Crippen LogP contribution in [0.1, 0.15) is 54.4 Å². The summed E-state index contributed by atoms with van der Waals surface area (Å²) in [4.78, 5) is 38.5. The van der Waals surface area contributed by atoms with E-state index in [-0.39, 0.29) is 18.2 Å². The summed E-state index contributed by atoms with van der Waals surface area (Å²) in [7, 11) is 3.01. The average Bonchev–Trinajstić information content (AvgIpc) is 3.40. The van der Waals surface area contributed by atoms with E-state index in [4.69, 9.17) is 19.2 Å². The number of piperazine rings is 1. The summed E-state index contributed by atoms with van der Waals surface area (Å²) in [6.07, 6.45) is 4.71. The standard InChI is InChI=1S/C29H37N7O5S/c1-29(2,3)41-28(38)36-13-12-35(17-19(36)10-11-30)25-22(24(26(37)40-5)32-27(33-25)42-6)16-31-34-23-9-7-8-18-14-20(39-4)15-21(18)23/h7-9,16,19-20,34H,10,12-15,17H2,1-6H3/b31-16+. The molecule has 1 aliphatic carbocycles. The number of nitrogens with zero attached hydrogens (tertiary/aromatic N) is 6. The number of carbonyl (C=O) groups excluding carboxylic acids is 2. The van der Waals surface area contributed by atoms with Crippen LogP contribution in [-0.4, -0.2) is 91.0 Å². The third-order valence-electron chi connectivity index (χ3n) is 7.07. The van der Waals surface area contributed by atoms with Crippen LogP contribution in [0.2, 0.25) is 0 Å². The predicted molar refractivity (Wildman–Crippen MR) is 160 cm³/mol. The molecule has 1 fully saturated rings. The molecule has 2 aromatic rings. The third kappa shape index (κ3) is 7.11. The summed E-state index contributed by atoms with van der Waals surface area (Å²) in [6.45, 7) is 6.42. The van der Waals surface area contributed by atoms with Crippen LogP contribution in [-0.2, 0) is 27.1 Å². The maximum atomic E-state index is 12.9. The van der Waals surface area contributed by atoms with E-state index in [2.05, 4.69) is 27.6 Å². The van der Waals surface area contributed by atoms with Gasteiger partial charge in [-0.2, -0.15) is 10.4 Å². The fourth-order valence-electron chi connectivity index (χ4n) is 5.08. The maximum Gasteiger partial charge on any atom is 0.410 e. The number of thioether (sulfide) groups is 1. The zero-order chi connectivity index (χ0) is 30.4. The highest BCUT2D eigenvalue weighted by atomic mass is 32.2. The van der Waals surface area contributed by atoms with Crippen molar-refractivity contribution in [2.24, 2.45) is 5.10 Å². The van der Waals surface area contributed by atoms with Crippen molar-refractivity contribution in [3.63, 3.8) is 0 Å². The normalized spacial score (nSPS) is 18.5. The van der Waals surface area contributed by atoms with Crippen molar-refractivity contribution in [1.82, 2.24) is 14.9 Å². The summed E-state index contributed by atoms with van der Waals surface area (Å²) in [6, 6.07) is 7.74. The average molecular weight is 596 g/mol. The van der Waals surface area contributed by atoms with E-state index in [0.29, 0.717) is 36.2 Å². The van der Waals surface area contributed by atoms with E-state index in [1.165, 1.54) is 30.6 Å². The number of anilines is 2. The molecule has 1 amide bonds. The molecule has 0 bridgehead atoms. The van der Waals surface area contributed by atoms with Crippen molar-refractivity contribution < 1.29 is 23.8 Å². The zero-order valence-corrected chi connectivity index (χ0v) is 25.7. The molecule has 42 heavy (non-hydrogen) atoms. The number of hydrogen-bond acceptors (Lipinski definition) is 12. The van der Waals surface area contributed by atoms with Crippen LogP contribution in [0, 0.1) is 11.3 Å². The number of amides is 1. The Kier molecular flexibility index (Phi) is 9.90. The van der Waals surface area contributed by atoms with E-state index in [9.17, 15) is 14.9 Å². The molecule has 1 aliphatic heterocycles. The smallest absolute Gasteiger partial charge is 0.410 e. The minimum atomic E-state index is -0.666. The molecule has 0 saturated carbocycles. The minimum absolute atomic E-state index is 0.0709. The van der Waals surface area contributed by atoms with E-state index < -0.39 is 23.7 Å². The lowest BCUT2D eigenvalue weighted by atomic mass is 10.1. The highest BCUT2D eigenvalue weighted by Gasteiger charge is 2.35.